The molecule has 0 spiro atoms. The molecule has 3 fully saturated rings. The summed E-state index contributed by atoms with van der Waals surface area (Å²) >= 11 is 0. The van der Waals surface area contributed by atoms with E-state index in [1.807, 2.05) is 0 Å². The Labute approximate surface area is 275 Å². The normalized spacial score (nSPS) is 39.2. The van der Waals surface area contributed by atoms with Gasteiger partial charge in [0.2, 0.25) is 0 Å². The van der Waals surface area contributed by atoms with E-state index in [4.69, 9.17) is 14.2 Å². The van der Waals surface area contributed by atoms with Gasteiger partial charge < -0.3 is 45.1 Å². The van der Waals surface area contributed by atoms with Crippen molar-refractivity contribution < 1.29 is 54.1 Å². The van der Waals surface area contributed by atoms with Crippen LogP contribution in [0, 0.1) is 22.7 Å². The van der Waals surface area contributed by atoms with Gasteiger partial charge in [-0.3, -0.25) is 4.79 Å². The van der Waals surface area contributed by atoms with E-state index in [9.17, 15) is 39.9 Å². The zero-order valence-corrected chi connectivity index (χ0v) is 28.3. The highest BCUT2D eigenvalue weighted by Gasteiger charge is 2.74. The van der Waals surface area contributed by atoms with Crippen LogP contribution in [0.25, 0.3) is 0 Å². The van der Waals surface area contributed by atoms with Gasteiger partial charge in [0.25, 0.3) is 0 Å². The van der Waals surface area contributed by atoms with Crippen LogP contribution in [0.1, 0.15) is 79.8 Å². The number of aliphatic hydroxyl groups excluding tert-OH is 3. The second kappa shape index (κ2) is 11.6. The van der Waals surface area contributed by atoms with Crippen LogP contribution < -0.4 is 5.32 Å². The number of fused-ring (bicyclic) bond motifs is 5. The lowest BCUT2D eigenvalue weighted by Gasteiger charge is -2.67. The van der Waals surface area contributed by atoms with Gasteiger partial charge in [0, 0.05) is 24.2 Å². The third-order valence-electron chi connectivity index (χ3n) is 11.5. The first kappa shape index (κ1) is 35.4. The summed E-state index contributed by atoms with van der Waals surface area (Å²) in [7, 11) is 0. The SMILES string of the molecule is CC1=C2C(O)C(=O)[C@]3(C)C(O)CC4OCC4(O)C3[C@H](C)C(O)(CC1OC(=O)C(O)C(NC(=O)OC(C)(C)C)c1ccccc1)C2(C)C. The number of alkyl carbamates (subject to hydrolysis) is 1. The van der Waals surface area contributed by atoms with Crippen molar-refractivity contribution in [2.75, 3.05) is 6.61 Å². The Kier molecular flexibility index (Phi) is 8.77. The maximum absolute atomic E-state index is 14.3. The number of ketones is 1. The molecule has 0 radical (unpaired) electrons. The van der Waals surface area contributed by atoms with E-state index in [0.29, 0.717) is 11.1 Å². The van der Waals surface area contributed by atoms with Crippen molar-refractivity contribution in [3.63, 3.8) is 0 Å². The third-order valence-corrected chi connectivity index (χ3v) is 11.5. The van der Waals surface area contributed by atoms with Crippen molar-refractivity contribution in [3.05, 3.63) is 47.0 Å². The van der Waals surface area contributed by atoms with Crippen molar-refractivity contribution in [1.82, 2.24) is 5.32 Å². The smallest absolute Gasteiger partial charge is 0.408 e. The first-order valence-electron chi connectivity index (χ1n) is 16.2. The largest absolute Gasteiger partial charge is 0.456 e. The van der Waals surface area contributed by atoms with Crippen LogP contribution in [-0.2, 0) is 23.8 Å². The molecule has 1 aromatic carbocycles. The number of aliphatic hydroxyl groups is 5. The Morgan fingerprint density at radius 2 is 1.70 bits per heavy atom. The summed E-state index contributed by atoms with van der Waals surface area (Å²) in [6.45, 7) is 13.1. The van der Waals surface area contributed by atoms with Crippen LogP contribution in [0.3, 0.4) is 0 Å². The summed E-state index contributed by atoms with van der Waals surface area (Å²) in [4.78, 5) is 40.7. The number of carbonyl (C=O) groups is 3. The predicted molar refractivity (Wildman–Crippen MR) is 168 cm³/mol. The molecule has 1 saturated heterocycles. The molecule has 9 unspecified atom stereocenters. The van der Waals surface area contributed by atoms with Crippen LogP contribution in [-0.4, -0.2) is 97.3 Å². The number of amides is 1. The topological polar surface area (TPSA) is 192 Å². The van der Waals surface area contributed by atoms with Gasteiger partial charge in [0.15, 0.2) is 11.9 Å². The summed E-state index contributed by atoms with van der Waals surface area (Å²) in [6, 6.07) is 7.08. The Balaban J connectivity index is 1.53. The molecule has 47 heavy (non-hydrogen) atoms. The van der Waals surface area contributed by atoms with Crippen molar-refractivity contribution in [1.29, 1.82) is 0 Å². The molecule has 1 heterocycles. The fourth-order valence-corrected chi connectivity index (χ4v) is 8.90. The second-order valence-corrected chi connectivity index (χ2v) is 15.6. The molecule has 1 aromatic rings. The molecule has 5 rings (SSSR count). The van der Waals surface area contributed by atoms with E-state index in [1.54, 1.807) is 78.8 Å². The number of esters is 1. The van der Waals surface area contributed by atoms with Gasteiger partial charge in [-0.15, -0.1) is 0 Å². The second-order valence-electron chi connectivity index (χ2n) is 15.6. The molecule has 6 N–H and O–H groups in total. The van der Waals surface area contributed by atoms with Crippen molar-refractivity contribution in [2.24, 2.45) is 22.7 Å². The summed E-state index contributed by atoms with van der Waals surface area (Å²) in [5.41, 5.74) is -6.20. The highest BCUT2D eigenvalue weighted by Crippen LogP contribution is 2.64. The lowest BCUT2D eigenvalue weighted by molar-refractivity contribution is -0.335. The predicted octanol–water partition coefficient (Wildman–Crippen LogP) is 2.10. The first-order chi connectivity index (χ1) is 21.6. The van der Waals surface area contributed by atoms with Crippen molar-refractivity contribution >= 4 is 17.8 Å². The van der Waals surface area contributed by atoms with E-state index in [-0.39, 0.29) is 25.0 Å². The lowest BCUT2D eigenvalue weighted by atomic mass is 9.43. The van der Waals surface area contributed by atoms with Gasteiger partial charge in [-0.1, -0.05) is 51.1 Å². The minimum atomic E-state index is -1.91. The number of benzene rings is 1. The fraction of sp³-hybridized carbons (Fsp3) is 0.686. The number of ether oxygens (including phenoxy) is 3. The number of rotatable bonds is 5. The molecule has 260 valence electrons. The summed E-state index contributed by atoms with van der Waals surface area (Å²) in [6.07, 6.45) is -8.00. The van der Waals surface area contributed by atoms with E-state index in [1.165, 1.54) is 6.92 Å². The monoisotopic (exact) mass is 659 g/mol. The minimum Gasteiger partial charge on any atom is -0.456 e. The molecule has 3 aliphatic carbocycles. The molecule has 1 amide bonds. The molecule has 2 bridgehead atoms. The van der Waals surface area contributed by atoms with Crippen LogP contribution >= 0.6 is 0 Å². The lowest BCUT2D eigenvalue weighted by Crippen LogP contribution is -2.78. The fourth-order valence-electron chi connectivity index (χ4n) is 8.90. The van der Waals surface area contributed by atoms with E-state index in [2.05, 4.69) is 5.32 Å². The molecule has 2 saturated carbocycles. The summed E-state index contributed by atoms with van der Waals surface area (Å²) in [5, 5.41) is 61.6. The number of hydrogen-bond donors (Lipinski definition) is 6. The van der Waals surface area contributed by atoms with E-state index < -0.39 is 93.9 Å². The zero-order chi connectivity index (χ0) is 35.1. The first-order valence-corrected chi connectivity index (χ1v) is 16.2. The molecule has 0 aromatic heterocycles. The van der Waals surface area contributed by atoms with Gasteiger partial charge in [0.05, 0.1) is 35.9 Å². The number of nitrogens with one attached hydrogen (secondary N) is 1. The molecular weight excluding hydrogens is 610 g/mol. The molecule has 11 atom stereocenters. The summed E-state index contributed by atoms with van der Waals surface area (Å²) < 4.78 is 16.8. The van der Waals surface area contributed by atoms with E-state index >= 15 is 0 Å². The Bertz CT molecular complexity index is 1450. The van der Waals surface area contributed by atoms with E-state index in [0.717, 1.165) is 0 Å². The molecule has 12 heteroatoms. The highest BCUT2D eigenvalue weighted by atomic mass is 16.6. The number of hydrogen-bond acceptors (Lipinski definition) is 11. The van der Waals surface area contributed by atoms with Crippen LogP contribution in [0.2, 0.25) is 0 Å². The Hall–Kier alpha value is -2.87. The van der Waals surface area contributed by atoms with Gasteiger partial charge in [0.1, 0.15) is 23.4 Å². The number of carbonyl (C=O) groups excluding carboxylic acids is 3. The zero-order valence-electron chi connectivity index (χ0n) is 28.3. The number of Topliss-reactive ketones (excluding diaryl/α,β-unsaturated/α-hetero) is 1. The van der Waals surface area contributed by atoms with Gasteiger partial charge in [-0.05, 0) is 57.2 Å². The Morgan fingerprint density at radius 3 is 2.26 bits per heavy atom. The molecule has 12 nitrogen and oxygen atoms in total. The quantitative estimate of drug-likeness (QED) is 0.200. The van der Waals surface area contributed by atoms with Crippen molar-refractivity contribution in [2.45, 2.75) is 122 Å². The van der Waals surface area contributed by atoms with Crippen LogP contribution in [0.5, 0.6) is 0 Å². The third kappa shape index (κ3) is 5.41. The van der Waals surface area contributed by atoms with Gasteiger partial charge in [-0.2, -0.15) is 0 Å². The van der Waals surface area contributed by atoms with Gasteiger partial charge >= 0.3 is 12.1 Å². The standard InChI is InChI=1S/C35H49NO11/c1-17-20(46-29(41)26(39)24(19-12-10-9-11-13-19)36-30(42)47-31(3,4)5)15-35(44)18(2)27-33(8,21(37)14-22-34(27,43)16-45-22)28(40)25(38)23(17)32(35,6)7/h9-13,18,20-22,24-27,37-39,43-44H,14-16H2,1-8H3,(H,36,42)/t18-,20?,21?,22?,24?,25?,26?,27?,33+,34?,35?/m0/s1. The van der Waals surface area contributed by atoms with Crippen LogP contribution in [0.15, 0.2) is 41.5 Å². The molecule has 1 aliphatic heterocycles. The van der Waals surface area contributed by atoms with Crippen LogP contribution in [0.4, 0.5) is 4.79 Å². The van der Waals surface area contributed by atoms with Crippen molar-refractivity contribution in [3.8, 4) is 0 Å². The molecular formula is C35H49NO11. The Morgan fingerprint density at radius 1 is 1.09 bits per heavy atom. The maximum atomic E-state index is 14.3. The summed E-state index contributed by atoms with van der Waals surface area (Å²) in [5.74, 6) is -3.71. The average molecular weight is 660 g/mol. The van der Waals surface area contributed by atoms with Gasteiger partial charge in [-0.25, -0.2) is 9.59 Å². The molecule has 4 aliphatic rings. The average Bonchev–Trinajstić information content (AvgIpc) is 2.98. The minimum absolute atomic E-state index is 0.00737. The maximum Gasteiger partial charge on any atom is 0.408 e. The highest BCUT2D eigenvalue weighted by molar-refractivity contribution is 5.93.